The quantitative estimate of drug-likeness (QED) is 0.886. The predicted molar refractivity (Wildman–Crippen MR) is 72.4 cm³/mol. The molecule has 4 atom stereocenters. The number of aryl methyl sites for hydroxylation is 2. The molecule has 4 unspecified atom stereocenters. The molecule has 2 bridgehead atoms. The van der Waals surface area contributed by atoms with E-state index in [0.717, 1.165) is 17.9 Å². The average molecular weight is 250 g/mol. The third-order valence-electron chi connectivity index (χ3n) is 4.55. The molecule has 1 aromatic heterocycles. The van der Waals surface area contributed by atoms with Crippen LogP contribution in [-0.2, 0) is 0 Å². The van der Waals surface area contributed by atoms with E-state index in [1.54, 1.807) is 0 Å². The van der Waals surface area contributed by atoms with Crippen LogP contribution in [0.3, 0.4) is 0 Å². The van der Waals surface area contributed by atoms with Gasteiger partial charge in [0.2, 0.25) is 0 Å². The summed E-state index contributed by atoms with van der Waals surface area (Å²) in [7, 11) is 0. The summed E-state index contributed by atoms with van der Waals surface area (Å²) in [4.78, 5) is 6.05. The minimum absolute atomic E-state index is 0.421. The zero-order chi connectivity index (χ0) is 12.0. The third kappa shape index (κ3) is 2.15. The first kappa shape index (κ1) is 11.7. The highest BCUT2D eigenvalue weighted by atomic mass is 32.1. The van der Waals surface area contributed by atoms with Crippen LogP contribution in [0.5, 0.6) is 0 Å². The maximum absolute atomic E-state index is 4.67. The first-order valence-corrected chi connectivity index (χ1v) is 7.65. The second-order valence-electron chi connectivity index (χ2n) is 5.84. The Kier molecular flexibility index (Phi) is 2.99. The highest BCUT2D eigenvalue weighted by Gasteiger charge is 2.39. The maximum Gasteiger partial charge on any atom is 0.0900 e. The molecule has 0 aromatic carbocycles. The van der Waals surface area contributed by atoms with Crippen molar-refractivity contribution in [2.24, 2.45) is 11.8 Å². The Morgan fingerprint density at radius 3 is 2.65 bits per heavy atom. The lowest BCUT2D eigenvalue weighted by Gasteiger charge is -2.26. The lowest BCUT2D eigenvalue weighted by atomic mass is 9.94. The molecule has 2 saturated carbocycles. The summed E-state index contributed by atoms with van der Waals surface area (Å²) in [6.07, 6.45) is 5.80. The number of nitrogens with zero attached hydrogens (tertiary/aromatic N) is 1. The second-order valence-corrected chi connectivity index (χ2v) is 7.25. The van der Waals surface area contributed by atoms with E-state index in [9.17, 15) is 0 Å². The van der Waals surface area contributed by atoms with Crippen molar-refractivity contribution in [3.05, 3.63) is 15.6 Å². The molecule has 1 aromatic rings. The summed E-state index contributed by atoms with van der Waals surface area (Å²) in [6.45, 7) is 6.57. The van der Waals surface area contributed by atoms with E-state index in [1.807, 2.05) is 11.3 Å². The van der Waals surface area contributed by atoms with E-state index in [1.165, 1.54) is 41.3 Å². The SMILES string of the molecule is Cc1nc(C(C)NC2CC3CCC2C3)c(C)s1. The van der Waals surface area contributed by atoms with Gasteiger partial charge in [0, 0.05) is 17.0 Å². The molecule has 2 aliphatic rings. The Hall–Kier alpha value is -0.410. The third-order valence-corrected chi connectivity index (χ3v) is 5.45. The highest BCUT2D eigenvalue weighted by Crippen LogP contribution is 2.45. The molecule has 94 valence electrons. The van der Waals surface area contributed by atoms with Gasteiger partial charge in [-0.1, -0.05) is 6.42 Å². The largest absolute Gasteiger partial charge is 0.306 e. The summed E-state index contributed by atoms with van der Waals surface area (Å²) in [5.41, 5.74) is 1.27. The molecular weight excluding hydrogens is 228 g/mol. The van der Waals surface area contributed by atoms with Crippen LogP contribution in [0.4, 0.5) is 0 Å². The summed E-state index contributed by atoms with van der Waals surface area (Å²) in [5.74, 6) is 1.96. The van der Waals surface area contributed by atoms with Gasteiger partial charge in [0.15, 0.2) is 0 Å². The fraction of sp³-hybridized carbons (Fsp3) is 0.786. The molecule has 1 heterocycles. The Labute approximate surface area is 108 Å². The summed E-state index contributed by atoms with van der Waals surface area (Å²) in [5, 5.41) is 5.02. The molecule has 1 N–H and O–H groups in total. The molecule has 2 nitrogen and oxygen atoms in total. The summed E-state index contributed by atoms with van der Waals surface area (Å²) < 4.78 is 0. The number of rotatable bonds is 3. The lowest BCUT2D eigenvalue weighted by Crippen LogP contribution is -2.36. The number of thiazole rings is 1. The average Bonchev–Trinajstić information content (AvgIpc) is 2.93. The minimum atomic E-state index is 0.421. The van der Waals surface area contributed by atoms with Gasteiger partial charge in [-0.05, 0) is 51.9 Å². The van der Waals surface area contributed by atoms with Gasteiger partial charge >= 0.3 is 0 Å². The first-order valence-electron chi connectivity index (χ1n) is 6.83. The van der Waals surface area contributed by atoms with Crippen molar-refractivity contribution in [2.45, 2.75) is 58.5 Å². The second kappa shape index (κ2) is 4.36. The van der Waals surface area contributed by atoms with E-state index in [-0.39, 0.29) is 0 Å². The van der Waals surface area contributed by atoms with Gasteiger partial charge in [0.05, 0.1) is 10.7 Å². The number of hydrogen-bond acceptors (Lipinski definition) is 3. The molecule has 0 spiro atoms. The van der Waals surface area contributed by atoms with E-state index < -0.39 is 0 Å². The zero-order valence-corrected chi connectivity index (χ0v) is 11.8. The molecule has 17 heavy (non-hydrogen) atoms. The molecule has 2 fully saturated rings. The van der Waals surface area contributed by atoms with Crippen LogP contribution >= 0.6 is 11.3 Å². The summed E-state index contributed by atoms with van der Waals surface area (Å²) in [6, 6.07) is 1.18. The van der Waals surface area contributed by atoms with Crippen molar-refractivity contribution in [2.75, 3.05) is 0 Å². The normalized spacial score (nSPS) is 33.2. The highest BCUT2D eigenvalue weighted by molar-refractivity contribution is 7.11. The van der Waals surface area contributed by atoms with Crippen LogP contribution in [-0.4, -0.2) is 11.0 Å². The summed E-state index contributed by atoms with van der Waals surface area (Å²) >= 11 is 1.82. The van der Waals surface area contributed by atoms with Crippen molar-refractivity contribution in [1.82, 2.24) is 10.3 Å². The van der Waals surface area contributed by atoms with Gasteiger partial charge in [-0.25, -0.2) is 4.98 Å². The molecule has 3 rings (SSSR count). The van der Waals surface area contributed by atoms with Crippen molar-refractivity contribution in [3.63, 3.8) is 0 Å². The molecule has 0 aliphatic heterocycles. The van der Waals surface area contributed by atoms with Gasteiger partial charge in [0.25, 0.3) is 0 Å². The number of fused-ring (bicyclic) bond motifs is 2. The minimum Gasteiger partial charge on any atom is -0.306 e. The van der Waals surface area contributed by atoms with Gasteiger partial charge in [-0.2, -0.15) is 0 Å². The van der Waals surface area contributed by atoms with Crippen LogP contribution < -0.4 is 5.32 Å². The van der Waals surface area contributed by atoms with E-state index in [4.69, 9.17) is 0 Å². The Morgan fingerprint density at radius 1 is 1.29 bits per heavy atom. The van der Waals surface area contributed by atoms with Gasteiger partial charge < -0.3 is 5.32 Å². The first-order chi connectivity index (χ1) is 8.13. The molecule has 0 amide bonds. The smallest absolute Gasteiger partial charge is 0.0900 e. The lowest BCUT2D eigenvalue weighted by molar-refractivity contribution is 0.325. The molecule has 2 aliphatic carbocycles. The van der Waals surface area contributed by atoms with Gasteiger partial charge in [-0.15, -0.1) is 11.3 Å². The zero-order valence-electron chi connectivity index (χ0n) is 11.0. The fourth-order valence-electron chi connectivity index (χ4n) is 3.80. The van der Waals surface area contributed by atoms with Crippen LogP contribution in [0.1, 0.15) is 54.2 Å². The van der Waals surface area contributed by atoms with Gasteiger partial charge in [-0.3, -0.25) is 0 Å². The predicted octanol–water partition coefficient (Wildman–Crippen LogP) is 3.60. The molecular formula is C14H22N2S. The fourth-order valence-corrected chi connectivity index (χ4v) is 4.71. The monoisotopic (exact) mass is 250 g/mol. The Morgan fingerprint density at radius 2 is 2.12 bits per heavy atom. The number of aromatic nitrogens is 1. The maximum atomic E-state index is 4.67. The van der Waals surface area contributed by atoms with E-state index >= 15 is 0 Å². The number of hydrogen-bond donors (Lipinski definition) is 1. The van der Waals surface area contributed by atoms with Crippen molar-refractivity contribution in [3.8, 4) is 0 Å². The van der Waals surface area contributed by atoms with Crippen LogP contribution in [0.25, 0.3) is 0 Å². The molecule has 3 heteroatoms. The topological polar surface area (TPSA) is 24.9 Å². The van der Waals surface area contributed by atoms with E-state index in [2.05, 4.69) is 31.1 Å². The van der Waals surface area contributed by atoms with Crippen LogP contribution in [0.2, 0.25) is 0 Å². The Bertz CT molecular complexity index is 412. The van der Waals surface area contributed by atoms with Crippen LogP contribution in [0, 0.1) is 25.7 Å². The van der Waals surface area contributed by atoms with Crippen molar-refractivity contribution in [1.29, 1.82) is 0 Å². The molecule has 0 radical (unpaired) electrons. The van der Waals surface area contributed by atoms with Crippen LogP contribution in [0.15, 0.2) is 0 Å². The Balaban J connectivity index is 1.67. The van der Waals surface area contributed by atoms with Crippen molar-refractivity contribution >= 4 is 11.3 Å². The standard InChI is InChI=1S/C14H22N2S/c1-8(14-9(2)17-10(3)16-14)15-13-7-11-4-5-12(13)6-11/h8,11-13,15H,4-7H2,1-3H3. The van der Waals surface area contributed by atoms with E-state index in [0.29, 0.717) is 6.04 Å². The van der Waals surface area contributed by atoms with Crippen molar-refractivity contribution < 1.29 is 0 Å². The van der Waals surface area contributed by atoms with Gasteiger partial charge in [0.1, 0.15) is 0 Å². The number of nitrogens with one attached hydrogen (secondary N) is 1. The molecule has 0 saturated heterocycles.